The second-order valence-corrected chi connectivity index (χ2v) is 4.16. The van der Waals surface area contributed by atoms with E-state index in [2.05, 4.69) is 0 Å². The van der Waals surface area contributed by atoms with E-state index in [0.29, 0.717) is 0 Å². The average molecular weight is 251 g/mol. The van der Waals surface area contributed by atoms with Gasteiger partial charge in [-0.1, -0.05) is 0 Å². The number of alkyl halides is 1. The molecule has 0 aliphatic rings. The Labute approximate surface area is 95.7 Å². The minimum atomic E-state index is -1.19. The molecular formula is C9H11ClO4S. The van der Waals surface area contributed by atoms with Gasteiger partial charge in [-0.15, -0.1) is 11.6 Å². The lowest BCUT2D eigenvalue weighted by Crippen LogP contribution is -2.20. The zero-order chi connectivity index (χ0) is 11.4. The van der Waals surface area contributed by atoms with E-state index in [4.69, 9.17) is 16.7 Å². The van der Waals surface area contributed by atoms with Crippen molar-refractivity contribution in [3.8, 4) is 0 Å². The van der Waals surface area contributed by atoms with Crippen LogP contribution in [0.25, 0.3) is 0 Å². The van der Waals surface area contributed by atoms with E-state index >= 15 is 0 Å². The lowest BCUT2D eigenvalue weighted by atomic mass is 10.0. The summed E-state index contributed by atoms with van der Waals surface area (Å²) in [4.78, 5) is 10.8. The molecule has 1 rings (SSSR count). The highest BCUT2D eigenvalue weighted by Crippen LogP contribution is 2.26. The van der Waals surface area contributed by atoms with Crippen LogP contribution in [0.3, 0.4) is 0 Å². The number of aliphatic hydroxyl groups excluding tert-OH is 2. The van der Waals surface area contributed by atoms with Gasteiger partial charge in [-0.3, -0.25) is 0 Å². The number of carboxylic acid groups (broad SMARTS) is 1. The lowest BCUT2D eigenvalue weighted by molar-refractivity contribution is 0.0163. The summed E-state index contributed by atoms with van der Waals surface area (Å²) in [5, 5.41) is 30.9. The van der Waals surface area contributed by atoms with Crippen molar-refractivity contribution in [1.82, 2.24) is 0 Å². The lowest BCUT2D eigenvalue weighted by Gasteiger charge is -2.16. The number of carboxylic acids is 1. The Morgan fingerprint density at radius 3 is 2.67 bits per heavy atom. The third kappa shape index (κ3) is 2.92. The van der Waals surface area contributed by atoms with Gasteiger partial charge in [0.1, 0.15) is 6.10 Å². The number of aromatic carboxylic acids is 1. The van der Waals surface area contributed by atoms with E-state index in [9.17, 15) is 15.0 Å². The van der Waals surface area contributed by atoms with Crippen molar-refractivity contribution in [3.63, 3.8) is 0 Å². The van der Waals surface area contributed by atoms with Crippen molar-refractivity contribution in [1.29, 1.82) is 0 Å². The molecule has 6 heteroatoms. The van der Waals surface area contributed by atoms with Crippen LogP contribution in [0.5, 0.6) is 0 Å². The van der Waals surface area contributed by atoms with Crippen molar-refractivity contribution in [2.75, 3.05) is 5.88 Å². The predicted molar refractivity (Wildman–Crippen MR) is 57.6 cm³/mol. The quantitative estimate of drug-likeness (QED) is 0.692. The van der Waals surface area contributed by atoms with E-state index < -0.39 is 18.2 Å². The van der Waals surface area contributed by atoms with E-state index in [-0.39, 0.29) is 23.4 Å². The summed E-state index contributed by atoms with van der Waals surface area (Å²) in [6.07, 6.45) is -2.01. The van der Waals surface area contributed by atoms with Crippen LogP contribution in [0.2, 0.25) is 0 Å². The first-order valence-electron chi connectivity index (χ1n) is 4.29. The Bertz CT molecular complexity index is 339. The van der Waals surface area contributed by atoms with Crippen LogP contribution in [0.1, 0.15) is 28.4 Å². The van der Waals surface area contributed by atoms with Crippen molar-refractivity contribution in [3.05, 3.63) is 21.9 Å². The minimum absolute atomic E-state index is 0.0288. The topological polar surface area (TPSA) is 77.8 Å². The monoisotopic (exact) mass is 250 g/mol. The fraction of sp³-hybridized carbons (Fsp3) is 0.444. The van der Waals surface area contributed by atoms with Gasteiger partial charge in [0.05, 0.1) is 11.7 Å². The summed E-state index contributed by atoms with van der Waals surface area (Å²) < 4.78 is 0. The molecule has 2 atom stereocenters. The van der Waals surface area contributed by atoms with Crippen molar-refractivity contribution in [2.45, 2.75) is 18.6 Å². The summed E-state index contributed by atoms with van der Waals surface area (Å²) in [7, 11) is 0. The third-order valence-electron chi connectivity index (χ3n) is 2.01. The van der Waals surface area contributed by atoms with Crippen LogP contribution in [0.4, 0.5) is 0 Å². The van der Waals surface area contributed by atoms with Gasteiger partial charge < -0.3 is 15.3 Å². The summed E-state index contributed by atoms with van der Waals surface area (Å²) in [5.74, 6) is -0.895. The van der Waals surface area contributed by atoms with Crippen molar-refractivity contribution < 1.29 is 20.1 Å². The second kappa shape index (κ2) is 5.46. The van der Waals surface area contributed by atoms with E-state index in [1.165, 1.54) is 22.1 Å². The smallest absolute Gasteiger partial charge is 0.336 e. The molecule has 0 aliphatic carbocycles. The normalized spacial score (nSPS) is 14.9. The average Bonchev–Trinajstić information content (AvgIpc) is 2.65. The van der Waals surface area contributed by atoms with Gasteiger partial charge in [0, 0.05) is 16.8 Å². The van der Waals surface area contributed by atoms with Crippen LogP contribution in [-0.4, -0.2) is 33.3 Å². The van der Waals surface area contributed by atoms with Crippen LogP contribution in [0, 0.1) is 0 Å². The molecule has 0 aliphatic heterocycles. The molecule has 1 heterocycles. The molecule has 15 heavy (non-hydrogen) atoms. The fourth-order valence-corrected chi connectivity index (χ4v) is 2.26. The first-order chi connectivity index (χ1) is 7.07. The summed E-state index contributed by atoms with van der Waals surface area (Å²) in [6, 6.07) is 0. The van der Waals surface area contributed by atoms with Crippen LogP contribution in [0.15, 0.2) is 10.8 Å². The number of hydrogen-bond acceptors (Lipinski definition) is 4. The number of rotatable bonds is 5. The summed E-state index contributed by atoms with van der Waals surface area (Å²) >= 11 is 6.59. The number of hydrogen-bond donors (Lipinski definition) is 3. The molecule has 4 nitrogen and oxygen atoms in total. The van der Waals surface area contributed by atoms with Crippen LogP contribution < -0.4 is 0 Å². The molecule has 2 unspecified atom stereocenters. The van der Waals surface area contributed by atoms with Gasteiger partial charge >= 0.3 is 5.97 Å². The third-order valence-corrected chi connectivity index (χ3v) is 2.99. The molecule has 1 aromatic heterocycles. The zero-order valence-electron chi connectivity index (χ0n) is 7.76. The Morgan fingerprint density at radius 2 is 2.13 bits per heavy atom. The Hall–Kier alpha value is -0.620. The molecule has 0 aromatic carbocycles. The highest BCUT2D eigenvalue weighted by atomic mass is 35.5. The Morgan fingerprint density at radius 1 is 1.47 bits per heavy atom. The predicted octanol–water partition coefficient (Wildman–Crippen LogP) is 1.47. The highest BCUT2D eigenvalue weighted by molar-refractivity contribution is 7.08. The van der Waals surface area contributed by atoms with Gasteiger partial charge in [0.15, 0.2) is 0 Å². The number of carbonyl (C=O) groups is 1. The van der Waals surface area contributed by atoms with Crippen LogP contribution in [-0.2, 0) is 0 Å². The second-order valence-electron chi connectivity index (χ2n) is 3.04. The highest BCUT2D eigenvalue weighted by Gasteiger charge is 2.23. The first kappa shape index (κ1) is 12.4. The van der Waals surface area contributed by atoms with Crippen molar-refractivity contribution in [2.24, 2.45) is 0 Å². The van der Waals surface area contributed by atoms with E-state index in [1.807, 2.05) is 0 Å². The molecule has 0 radical (unpaired) electrons. The largest absolute Gasteiger partial charge is 0.478 e. The van der Waals surface area contributed by atoms with Gasteiger partial charge in [-0.2, -0.15) is 11.3 Å². The van der Waals surface area contributed by atoms with Crippen molar-refractivity contribution >= 4 is 28.9 Å². The first-order valence-corrected chi connectivity index (χ1v) is 5.77. The zero-order valence-corrected chi connectivity index (χ0v) is 9.33. The van der Waals surface area contributed by atoms with Gasteiger partial charge in [-0.25, -0.2) is 4.79 Å². The molecular weight excluding hydrogens is 240 g/mol. The standard InChI is InChI=1S/C9H11ClO4S/c10-2-1-7(11)8(12)5-3-15-4-6(5)9(13)14/h3-4,7-8,11-12H,1-2H2,(H,13,14). The van der Waals surface area contributed by atoms with E-state index in [1.54, 1.807) is 0 Å². The number of aliphatic hydroxyl groups is 2. The van der Waals surface area contributed by atoms with Crippen LogP contribution >= 0.6 is 22.9 Å². The van der Waals surface area contributed by atoms with E-state index in [0.717, 1.165) is 0 Å². The maximum Gasteiger partial charge on any atom is 0.336 e. The fourth-order valence-electron chi connectivity index (χ4n) is 1.19. The molecule has 0 spiro atoms. The number of thiophene rings is 1. The molecule has 1 aromatic rings. The number of halogens is 1. The maximum atomic E-state index is 10.8. The molecule has 0 fully saturated rings. The minimum Gasteiger partial charge on any atom is -0.478 e. The molecule has 0 saturated carbocycles. The molecule has 0 saturated heterocycles. The summed E-state index contributed by atoms with van der Waals surface area (Å²) in [6.45, 7) is 0. The Balaban J connectivity index is 2.85. The van der Waals surface area contributed by atoms with Gasteiger partial charge in [0.2, 0.25) is 0 Å². The summed E-state index contributed by atoms with van der Waals surface area (Å²) in [5.41, 5.74) is 0.270. The molecule has 84 valence electrons. The molecule has 3 N–H and O–H groups in total. The van der Waals surface area contributed by atoms with Gasteiger partial charge in [0.25, 0.3) is 0 Å². The molecule has 0 bridgehead atoms. The SMILES string of the molecule is O=C(O)c1cscc1C(O)C(O)CCCl. The Kier molecular flexibility index (Phi) is 4.53. The van der Waals surface area contributed by atoms with Gasteiger partial charge in [-0.05, 0) is 11.8 Å². The molecule has 0 amide bonds. The maximum absolute atomic E-state index is 10.8.